The number of benzene rings is 1. The van der Waals surface area contributed by atoms with E-state index in [2.05, 4.69) is 10.2 Å². The largest absolute Gasteiger partial charge is 0.337 e. The summed E-state index contributed by atoms with van der Waals surface area (Å²) in [4.78, 5) is 28.3. The zero-order valence-corrected chi connectivity index (χ0v) is 16.8. The molecule has 7 heteroatoms. The average Bonchev–Trinajstić information content (AvgIpc) is 3.24. The van der Waals surface area contributed by atoms with E-state index in [1.54, 1.807) is 22.8 Å². The van der Waals surface area contributed by atoms with E-state index in [1.165, 1.54) is 43.3 Å². The number of carbonyl (C=O) groups excluding carboxylic acids is 1. The molecule has 2 fully saturated rings. The van der Waals surface area contributed by atoms with Gasteiger partial charge in [-0.2, -0.15) is 0 Å². The molecule has 0 radical (unpaired) electrons. The van der Waals surface area contributed by atoms with Crippen molar-refractivity contribution in [2.45, 2.75) is 57.5 Å². The molecule has 2 saturated heterocycles. The molecule has 0 atom stereocenters. The Kier molecular flexibility index (Phi) is 4.80. The highest BCUT2D eigenvalue weighted by Crippen LogP contribution is 2.40. The zero-order chi connectivity index (χ0) is 19.2. The third-order valence-corrected chi connectivity index (χ3v) is 6.47. The van der Waals surface area contributed by atoms with E-state index in [1.807, 2.05) is 13.8 Å². The third kappa shape index (κ3) is 3.09. The molecular formula is C20H27ClN4O2. The van der Waals surface area contributed by atoms with Gasteiger partial charge in [0, 0.05) is 23.1 Å². The third-order valence-electron chi connectivity index (χ3n) is 6.23. The summed E-state index contributed by atoms with van der Waals surface area (Å²) in [5.41, 5.74) is 1.22. The lowest BCUT2D eigenvalue weighted by Crippen LogP contribution is -2.43. The molecule has 3 heterocycles. The van der Waals surface area contributed by atoms with E-state index in [-0.39, 0.29) is 23.3 Å². The first-order valence-corrected chi connectivity index (χ1v) is 10.3. The predicted octanol–water partition coefficient (Wildman–Crippen LogP) is 3.61. The van der Waals surface area contributed by atoms with Crippen LogP contribution in [-0.2, 0) is 0 Å². The first-order chi connectivity index (χ1) is 12.9. The van der Waals surface area contributed by atoms with Crippen LogP contribution in [0.2, 0.25) is 5.02 Å². The van der Waals surface area contributed by atoms with Gasteiger partial charge in [0.1, 0.15) is 0 Å². The van der Waals surface area contributed by atoms with Crippen LogP contribution in [0, 0.1) is 0 Å². The molecule has 2 aromatic rings. The van der Waals surface area contributed by atoms with E-state index in [4.69, 9.17) is 11.6 Å². The van der Waals surface area contributed by atoms with Gasteiger partial charge in [0.05, 0.1) is 11.0 Å². The summed E-state index contributed by atoms with van der Waals surface area (Å²) in [5.74, 6) is 0. The lowest BCUT2D eigenvalue weighted by molar-refractivity contribution is 0.181. The number of halogens is 1. The number of nitrogens with one attached hydrogen (secondary N) is 1. The minimum atomic E-state index is -0.370. The molecule has 0 aliphatic carbocycles. The molecule has 6 nitrogen and oxygen atoms in total. The first kappa shape index (κ1) is 18.6. The van der Waals surface area contributed by atoms with Crippen LogP contribution < -0.4 is 11.0 Å². The number of fused-ring (bicyclic) bond motifs is 2. The van der Waals surface area contributed by atoms with Crippen molar-refractivity contribution in [3.63, 3.8) is 0 Å². The minimum absolute atomic E-state index is 0.0420. The smallest absolute Gasteiger partial charge is 0.337 e. The molecule has 2 aliphatic rings. The fourth-order valence-electron chi connectivity index (χ4n) is 5.00. The Bertz CT molecular complexity index is 920. The maximum atomic E-state index is 12.9. The van der Waals surface area contributed by atoms with Gasteiger partial charge >= 0.3 is 11.7 Å². The van der Waals surface area contributed by atoms with Crippen LogP contribution in [0.3, 0.4) is 0 Å². The van der Waals surface area contributed by atoms with Gasteiger partial charge in [0.2, 0.25) is 0 Å². The number of hydrogen-bond acceptors (Lipinski definition) is 3. The summed E-state index contributed by atoms with van der Waals surface area (Å²) in [6.07, 6.45) is 5.86. The first-order valence-electron chi connectivity index (χ1n) is 9.89. The van der Waals surface area contributed by atoms with Crippen molar-refractivity contribution < 1.29 is 4.79 Å². The molecule has 2 aliphatic heterocycles. The molecule has 1 aromatic carbocycles. The van der Waals surface area contributed by atoms with Crippen LogP contribution in [0.1, 0.15) is 52.0 Å². The van der Waals surface area contributed by atoms with Crippen LogP contribution in [-0.4, -0.2) is 45.2 Å². The second kappa shape index (κ2) is 6.99. The molecule has 1 N–H and O–H groups in total. The summed E-state index contributed by atoms with van der Waals surface area (Å²) in [7, 11) is 0. The van der Waals surface area contributed by atoms with Crippen molar-refractivity contribution in [2.24, 2.45) is 0 Å². The number of rotatable bonds is 4. The Morgan fingerprint density at radius 3 is 2.59 bits per heavy atom. The van der Waals surface area contributed by atoms with E-state index in [0.29, 0.717) is 17.1 Å². The van der Waals surface area contributed by atoms with Gasteiger partial charge < -0.3 is 5.32 Å². The Morgan fingerprint density at radius 1 is 1.22 bits per heavy atom. The zero-order valence-electron chi connectivity index (χ0n) is 16.0. The van der Waals surface area contributed by atoms with Crippen LogP contribution in [0.5, 0.6) is 0 Å². The summed E-state index contributed by atoms with van der Waals surface area (Å²) < 4.78 is 2.86. The van der Waals surface area contributed by atoms with Crippen LogP contribution in [0.25, 0.3) is 11.0 Å². The molecule has 27 heavy (non-hydrogen) atoms. The van der Waals surface area contributed by atoms with Gasteiger partial charge in [0.25, 0.3) is 0 Å². The minimum Gasteiger partial charge on any atom is -0.337 e. The van der Waals surface area contributed by atoms with Gasteiger partial charge in [-0.05, 0) is 77.2 Å². The van der Waals surface area contributed by atoms with Crippen molar-refractivity contribution in [1.29, 1.82) is 0 Å². The molecule has 4 rings (SSSR count). The maximum absolute atomic E-state index is 12.9. The van der Waals surface area contributed by atoms with Gasteiger partial charge in [-0.3, -0.25) is 9.47 Å². The number of aromatic nitrogens is 2. The second-order valence-corrected chi connectivity index (χ2v) is 8.55. The molecule has 0 saturated carbocycles. The number of carbonyl (C=O) groups is 1. The normalized spacial score (nSPS) is 19.1. The van der Waals surface area contributed by atoms with Gasteiger partial charge in [-0.25, -0.2) is 14.2 Å². The molecule has 146 valence electrons. The van der Waals surface area contributed by atoms with E-state index >= 15 is 0 Å². The monoisotopic (exact) mass is 390 g/mol. The molecule has 1 aromatic heterocycles. The summed E-state index contributed by atoms with van der Waals surface area (Å²) in [5, 5.41) is 3.49. The van der Waals surface area contributed by atoms with Crippen LogP contribution >= 0.6 is 11.6 Å². The Hall–Kier alpha value is -1.79. The maximum Gasteiger partial charge on any atom is 0.337 e. The fourth-order valence-corrected chi connectivity index (χ4v) is 5.17. The number of hydrogen-bond donors (Lipinski definition) is 1. The molecule has 0 spiro atoms. The Labute approximate surface area is 164 Å². The molecular weight excluding hydrogens is 364 g/mol. The number of imidazole rings is 1. The standard InChI is InChI=1S/C20H27ClN4O2/c1-14(2)24-16-6-5-15(21)13-17(16)25(19(24)27)18(26)22-10-9-20-7-3-11-23(20)12-4-8-20/h5-6,13-14H,3-4,7-12H2,1-2H3,(H,22,26). The second-order valence-electron chi connectivity index (χ2n) is 8.12. The average molecular weight is 391 g/mol. The van der Waals surface area contributed by atoms with Crippen molar-refractivity contribution in [3.8, 4) is 0 Å². The molecule has 0 unspecified atom stereocenters. The lowest BCUT2D eigenvalue weighted by Gasteiger charge is -2.32. The summed E-state index contributed by atoms with van der Waals surface area (Å²) in [6.45, 7) is 6.80. The lowest BCUT2D eigenvalue weighted by atomic mass is 9.90. The van der Waals surface area contributed by atoms with E-state index < -0.39 is 0 Å². The Morgan fingerprint density at radius 2 is 1.93 bits per heavy atom. The van der Waals surface area contributed by atoms with E-state index in [0.717, 1.165) is 11.9 Å². The van der Waals surface area contributed by atoms with Crippen molar-refractivity contribution in [1.82, 2.24) is 19.4 Å². The van der Waals surface area contributed by atoms with Crippen molar-refractivity contribution in [2.75, 3.05) is 19.6 Å². The number of amides is 1. The summed E-state index contributed by atoms with van der Waals surface area (Å²) in [6, 6.07) is 4.82. The predicted molar refractivity (Wildman–Crippen MR) is 108 cm³/mol. The van der Waals surface area contributed by atoms with Gasteiger partial charge in [0.15, 0.2) is 0 Å². The van der Waals surface area contributed by atoms with E-state index in [9.17, 15) is 9.59 Å². The quantitative estimate of drug-likeness (QED) is 0.867. The molecule has 0 bridgehead atoms. The fraction of sp³-hybridized carbons (Fsp3) is 0.600. The highest BCUT2D eigenvalue weighted by atomic mass is 35.5. The van der Waals surface area contributed by atoms with Crippen LogP contribution in [0.4, 0.5) is 4.79 Å². The molecule has 1 amide bonds. The highest BCUT2D eigenvalue weighted by Gasteiger charge is 2.43. The van der Waals surface area contributed by atoms with Crippen molar-refractivity contribution >= 4 is 28.7 Å². The SMILES string of the molecule is CC(C)n1c(=O)n(C(=O)NCCC23CCCN2CCC3)c2cc(Cl)ccc21. The highest BCUT2D eigenvalue weighted by molar-refractivity contribution is 6.31. The van der Waals surface area contributed by atoms with Gasteiger partial charge in [-0.1, -0.05) is 11.6 Å². The number of nitrogens with zero attached hydrogens (tertiary/aromatic N) is 3. The summed E-state index contributed by atoms with van der Waals surface area (Å²) >= 11 is 6.13. The van der Waals surface area contributed by atoms with Crippen molar-refractivity contribution in [3.05, 3.63) is 33.7 Å². The topological polar surface area (TPSA) is 59.3 Å². The van der Waals surface area contributed by atoms with Crippen LogP contribution in [0.15, 0.2) is 23.0 Å². The van der Waals surface area contributed by atoms with Gasteiger partial charge in [-0.15, -0.1) is 0 Å². The Balaban J connectivity index is 1.57.